The first-order valence-corrected chi connectivity index (χ1v) is 12.0. The highest BCUT2D eigenvalue weighted by molar-refractivity contribution is 5.98. The first-order valence-electron chi connectivity index (χ1n) is 12.0. The number of benzene rings is 2. The van der Waals surface area contributed by atoms with Crippen molar-refractivity contribution in [2.24, 2.45) is 0 Å². The van der Waals surface area contributed by atoms with Gasteiger partial charge in [0.2, 0.25) is 0 Å². The van der Waals surface area contributed by atoms with Crippen LogP contribution in [0.5, 0.6) is 0 Å². The van der Waals surface area contributed by atoms with Gasteiger partial charge in [-0.3, -0.25) is 19.9 Å². The summed E-state index contributed by atoms with van der Waals surface area (Å²) in [6.45, 7) is 6.03. The van der Waals surface area contributed by atoms with E-state index in [1.807, 2.05) is 37.3 Å². The van der Waals surface area contributed by atoms with Crippen LogP contribution < -0.4 is 0 Å². The number of non-ortho nitro benzene ring substituents is 1. The van der Waals surface area contributed by atoms with Crippen LogP contribution in [-0.4, -0.2) is 51.7 Å². The molecule has 0 fully saturated rings. The molecule has 1 aliphatic heterocycles. The van der Waals surface area contributed by atoms with Crippen molar-refractivity contribution in [2.75, 3.05) is 19.8 Å². The predicted molar refractivity (Wildman–Crippen MR) is 135 cm³/mol. The molecule has 2 amide bonds. The molecule has 1 aliphatic rings. The minimum absolute atomic E-state index is 0.124. The number of aromatic nitrogens is 1. The number of H-pyrrole nitrogens is 1. The molecule has 37 heavy (non-hydrogen) atoms. The van der Waals surface area contributed by atoms with Crippen LogP contribution in [0.2, 0.25) is 0 Å². The van der Waals surface area contributed by atoms with E-state index < -0.39 is 23.3 Å². The van der Waals surface area contributed by atoms with Crippen LogP contribution in [0.1, 0.15) is 38.1 Å². The Labute approximate surface area is 213 Å². The van der Waals surface area contributed by atoms with E-state index in [4.69, 9.17) is 14.2 Å². The number of fused-ring (bicyclic) bond motifs is 1. The highest BCUT2D eigenvalue weighted by Gasteiger charge is 2.41. The third kappa shape index (κ3) is 4.98. The fourth-order valence-electron chi connectivity index (χ4n) is 4.34. The molecule has 4 rings (SSSR count). The molecule has 11 nitrogen and oxygen atoms in total. The smallest absolute Gasteiger partial charge is 0.415 e. The first-order chi connectivity index (χ1) is 17.9. The van der Waals surface area contributed by atoms with Crippen molar-refractivity contribution in [3.8, 4) is 11.3 Å². The summed E-state index contributed by atoms with van der Waals surface area (Å²) in [5, 5.41) is 12.6. The van der Waals surface area contributed by atoms with Crippen molar-refractivity contribution in [3.05, 3.63) is 76.1 Å². The minimum Gasteiger partial charge on any atom is -0.449 e. The SMILES string of the molecule is CCOCc1cc([N+](=O)[O-])c2[nH]c(-c3ccccc3)c(C3N(C(=O)OCC)C=CN3C(=O)OCC)c2c1. The number of nitrogens with zero attached hydrogens (tertiary/aromatic N) is 3. The van der Waals surface area contributed by atoms with E-state index in [-0.39, 0.29) is 31.0 Å². The molecule has 1 aromatic heterocycles. The number of ether oxygens (including phenoxy) is 3. The Morgan fingerprint density at radius 2 is 1.59 bits per heavy atom. The van der Waals surface area contributed by atoms with Crippen LogP contribution in [-0.2, 0) is 20.8 Å². The fourth-order valence-corrected chi connectivity index (χ4v) is 4.34. The average molecular weight is 509 g/mol. The van der Waals surface area contributed by atoms with E-state index in [0.717, 1.165) is 0 Å². The van der Waals surface area contributed by atoms with Crippen molar-refractivity contribution in [1.82, 2.24) is 14.8 Å². The van der Waals surface area contributed by atoms with Crippen LogP contribution in [0.15, 0.2) is 54.9 Å². The molecule has 0 saturated heterocycles. The molecule has 0 bridgehead atoms. The maximum atomic E-state index is 13.0. The van der Waals surface area contributed by atoms with Gasteiger partial charge in [-0.25, -0.2) is 9.59 Å². The normalized spacial score (nSPS) is 13.4. The second-order valence-corrected chi connectivity index (χ2v) is 8.10. The molecule has 11 heteroatoms. The van der Waals surface area contributed by atoms with Gasteiger partial charge in [0.25, 0.3) is 5.69 Å². The standard InChI is InChI=1S/C26H28N4O7/c1-4-35-16-17-14-19-21(24-28(25(31)36-5-2)12-13-29(24)26(32)37-6-3)22(18-10-8-7-9-11-18)27-23(19)20(15-17)30(33)34/h7-15,24,27H,4-6,16H2,1-3H3. The van der Waals surface area contributed by atoms with E-state index in [9.17, 15) is 19.7 Å². The Bertz CT molecular complexity index is 1310. The summed E-state index contributed by atoms with van der Waals surface area (Å²) in [5.74, 6) is 0. The summed E-state index contributed by atoms with van der Waals surface area (Å²) in [6, 6.07) is 12.4. The number of nitrogens with one attached hydrogen (secondary N) is 1. The number of hydrogen-bond donors (Lipinski definition) is 1. The molecule has 194 valence electrons. The predicted octanol–water partition coefficient (Wildman–Crippen LogP) is 5.68. The largest absolute Gasteiger partial charge is 0.449 e. The van der Waals surface area contributed by atoms with Crippen LogP contribution in [0.25, 0.3) is 22.2 Å². The van der Waals surface area contributed by atoms with Crippen LogP contribution in [0.3, 0.4) is 0 Å². The second-order valence-electron chi connectivity index (χ2n) is 8.10. The van der Waals surface area contributed by atoms with E-state index in [1.165, 1.54) is 28.3 Å². The van der Waals surface area contributed by atoms with Crippen LogP contribution >= 0.6 is 0 Å². The van der Waals surface area contributed by atoms with E-state index in [2.05, 4.69) is 4.98 Å². The molecule has 0 radical (unpaired) electrons. The topological polar surface area (TPSA) is 127 Å². The molecular formula is C26H28N4O7. The van der Waals surface area contributed by atoms with Gasteiger partial charge in [-0.1, -0.05) is 30.3 Å². The van der Waals surface area contributed by atoms with Gasteiger partial charge >= 0.3 is 12.2 Å². The van der Waals surface area contributed by atoms with Gasteiger partial charge in [0.1, 0.15) is 5.52 Å². The summed E-state index contributed by atoms with van der Waals surface area (Å²) in [4.78, 5) is 43.3. The Balaban J connectivity index is 2.03. The van der Waals surface area contributed by atoms with Gasteiger partial charge < -0.3 is 19.2 Å². The molecule has 1 N–H and O–H groups in total. The third-order valence-electron chi connectivity index (χ3n) is 5.85. The number of hydrogen-bond acceptors (Lipinski definition) is 7. The highest BCUT2D eigenvalue weighted by atomic mass is 16.6. The number of nitro benzene ring substituents is 1. The summed E-state index contributed by atoms with van der Waals surface area (Å²) in [7, 11) is 0. The van der Waals surface area contributed by atoms with Crippen molar-refractivity contribution in [3.63, 3.8) is 0 Å². The van der Waals surface area contributed by atoms with E-state index in [1.54, 1.807) is 19.9 Å². The lowest BCUT2D eigenvalue weighted by Crippen LogP contribution is -2.38. The molecule has 2 aromatic carbocycles. The molecule has 0 aliphatic carbocycles. The maximum Gasteiger partial charge on any atom is 0.415 e. The van der Waals surface area contributed by atoms with Gasteiger partial charge in [0.15, 0.2) is 6.17 Å². The Hall–Kier alpha value is -4.38. The molecule has 0 unspecified atom stereocenters. The molecule has 0 spiro atoms. The zero-order valence-electron chi connectivity index (χ0n) is 20.8. The monoisotopic (exact) mass is 508 g/mol. The van der Waals surface area contributed by atoms with E-state index >= 15 is 0 Å². The Morgan fingerprint density at radius 3 is 2.14 bits per heavy atom. The molecular weight excluding hydrogens is 480 g/mol. The minimum atomic E-state index is -1.02. The maximum absolute atomic E-state index is 13.0. The third-order valence-corrected chi connectivity index (χ3v) is 5.85. The lowest BCUT2D eigenvalue weighted by Gasteiger charge is -2.30. The summed E-state index contributed by atoms with van der Waals surface area (Å²) < 4.78 is 16.0. The van der Waals surface area contributed by atoms with E-state index in [0.29, 0.717) is 34.4 Å². The Kier molecular flexibility index (Phi) is 7.73. The highest BCUT2D eigenvalue weighted by Crippen LogP contribution is 2.44. The van der Waals surface area contributed by atoms with Crippen molar-refractivity contribution >= 4 is 28.8 Å². The van der Waals surface area contributed by atoms with Crippen molar-refractivity contribution in [2.45, 2.75) is 33.5 Å². The summed E-state index contributed by atoms with van der Waals surface area (Å²) >= 11 is 0. The van der Waals surface area contributed by atoms with Crippen LogP contribution in [0, 0.1) is 10.1 Å². The zero-order valence-corrected chi connectivity index (χ0v) is 20.8. The van der Waals surface area contributed by atoms with Gasteiger partial charge in [-0.15, -0.1) is 0 Å². The summed E-state index contributed by atoms with van der Waals surface area (Å²) in [5.41, 5.74) is 2.41. The first kappa shape index (κ1) is 25.7. The zero-order chi connectivity index (χ0) is 26.5. The van der Waals surface area contributed by atoms with Gasteiger partial charge in [-0.2, -0.15) is 0 Å². The number of nitro groups is 1. The van der Waals surface area contributed by atoms with Gasteiger partial charge in [-0.05, 0) is 38.0 Å². The molecule has 3 aromatic rings. The lowest BCUT2D eigenvalue weighted by molar-refractivity contribution is -0.383. The fraction of sp³-hybridized carbons (Fsp3) is 0.308. The van der Waals surface area contributed by atoms with Crippen LogP contribution in [0.4, 0.5) is 15.3 Å². The lowest BCUT2D eigenvalue weighted by atomic mass is 10.00. The quantitative estimate of drug-likeness (QED) is 0.306. The second kappa shape index (κ2) is 11.1. The number of rotatable bonds is 8. The number of carbonyl (C=O) groups is 2. The molecule has 0 atom stereocenters. The molecule has 0 saturated carbocycles. The van der Waals surface area contributed by atoms with Crippen molar-refractivity contribution in [1.29, 1.82) is 0 Å². The van der Waals surface area contributed by atoms with Gasteiger partial charge in [0, 0.05) is 36.0 Å². The number of aromatic amines is 1. The van der Waals surface area contributed by atoms with Gasteiger partial charge in [0.05, 0.1) is 30.4 Å². The summed E-state index contributed by atoms with van der Waals surface area (Å²) in [6.07, 6.45) is 0.494. The number of carbonyl (C=O) groups excluding carboxylic acids is 2. The number of amides is 2. The van der Waals surface area contributed by atoms with Crippen molar-refractivity contribution < 1.29 is 28.7 Å². The molecule has 2 heterocycles. The average Bonchev–Trinajstić information content (AvgIpc) is 3.49. The Morgan fingerprint density at radius 1 is 0.973 bits per heavy atom.